The Hall–Kier alpha value is -6.64. The van der Waals surface area contributed by atoms with Crippen molar-refractivity contribution < 1.29 is 4.42 Å². The molecule has 0 spiro atoms. The van der Waals surface area contributed by atoms with Gasteiger partial charge in [-0.2, -0.15) is 0 Å². The first-order chi connectivity index (χ1) is 24.8. The molecule has 0 fully saturated rings. The molecule has 0 bridgehead atoms. The fourth-order valence-electron chi connectivity index (χ4n) is 7.53. The average Bonchev–Trinajstić information content (AvgIpc) is 3.73. The van der Waals surface area contributed by atoms with E-state index in [1.165, 1.54) is 66.3 Å². The topological polar surface area (TPSA) is 18.1 Å². The number of benzene rings is 8. The lowest BCUT2D eigenvalue weighted by Gasteiger charge is -2.10. The van der Waals surface area contributed by atoms with Crippen molar-refractivity contribution in [2.75, 3.05) is 0 Å². The van der Waals surface area contributed by atoms with Gasteiger partial charge in [0.15, 0.2) is 0 Å². The highest BCUT2D eigenvalue weighted by Gasteiger charge is 2.16. The molecule has 2 aromatic heterocycles. The third-order valence-corrected chi connectivity index (χ3v) is 9.99. The van der Waals surface area contributed by atoms with Gasteiger partial charge >= 0.3 is 0 Å². The van der Waals surface area contributed by atoms with E-state index in [0.717, 1.165) is 27.6 Å². The summed E-state index contributed by atoms with van der Waals surface area (Å²) in [6.45, 7) is 0. The van der Waals surface area contributed by atoms with Crippen LogP contribution in [0.25, 0.3) is 93.9 Å². The first kappa shape index (κ1) is 28.4. The summed E-state index contributed by atoms with van der Waals surface area (Å²) in [4.78, 5) is 0. The second kappa shape index (κ2) is 11.5. The Labute approximate surface area is 290 Å². The molecule has 0 atom stereocenters. The molecule has 10 rings (SSSR count). The molecule has 0 radical (unpaired) electrons. The normalized spacial score (nSPS) is 11.6. The van der Waals surface area contributed by atoms with Gasteiger partial charge in [0, 0.05) is 27.2 Å². The van der Waals surface area contributed by atoms with Crippen molar-refractivity contribution in [1.29, 1.82) is 0 Å². The van der Waals surface area contributed by atoms with Crippen LogP contribution in [-0.4, -0.2) is 4.57 Å². The summed E-state index contributed by atoms with van der Waals surface area (Å²) in [6, 6.07) is 67.6. The Morgan fingerprint density at radius 1 is 0.280 bits per heavy atom. The predicted molar refractivity (Wildman–Crippen MR) is 210 cm³/mol. The molecule has 50 heavy (non-hydrogen) atoms. The first-order valence-corrected chi connectivity index (χ1v) is 17.1. The zero-order valence-electron chi connectivity index (χ0n) is 27.3. The summed E-state index contributed by atoms with van der Waals surface area (Å²) in [6.07, 6.45) is 0. The molecule has 0 saturated carbocycles. The van der Waals surface area contributed by atoms with Crippen LogP contribution in [0.1, 0.15) is 0 Å². The highest BCUT2D eigenvalue weighted by Crippen LogP contribution is 2.39. The maximum absolute atomic E-state index is 6.14. The second-order valence-electron chi connectivity index (χ2n) is 13.0. The van der Waals surface area contributed by atoms with Crippen LogP contribution in [0.5, 0.6) is 0 Å². The molecule has 10 aromatic rings. The van der Waals surface area contributed by atoms with Crippen LogP contribution in [0.15, 0.2) is 192 Å². The highest BCUT2D eigenvalue weighted by molar-refractivity contribution is 6.12. The molecule has 0 unspecified atom stereocenters. The summed E-state index contributed by atoms with van der Waals surface area (Å²) < 4.78 is 8.52. The fourth-order valence-corrected chi connectivity index (χ4v) is 7.53. The molecule has 0 aliphatic carbocycles. The smallest absolute Gasteiger partial charge is 0.135 e. The van der Waals surface area contributed by atoms with Crippen molar-refractivity contribution in [3.63, 3.8) is 0 Å². The molecule has 234 valence electrons. The van der Waals surface area contributed by atoms with Crippen molar-refractivity contribution in [1.82, 2.24) is 4.57 Å². The number of para-hydroxylation sites is 2. The molecule has 2 heteroatoms. The Kier molecular flexibility index (Phi) is 6.53. The predicted octanol–water partition coefficient (Wildman–Crippen LogP) is 13.4. The lowest BCUT2D eigenvalue weighted by molar-refractivity contribution is 0.669. The Morgan fingerprint density at radius 2 is 0.720 bits per heavy atom. The van der Waals surface area contributed by atoms with Crippen molar-refractivity contribution >= 4 is 43.7 Å². The Bertz CT molecular complexity index is 2860. The zero-order valence-corrected chi connectivity index (χ0v) is 27.3. The molecular weight excluding hydrogens is 607 g/mol. The van der Waals surface area contributed by atoms with E-state index < -0.39 is 0 Å². The van der Waals surface area contributed by atoms with Crippen LogP contribution in [0.3, 0.4) is 0 Å². The van der Waals surface area contributed by atoms with Crippen molar-refractivity contribution in [3.05, 3.63) is 188 Å². The molecule has 2 heterocycles. The highest BCUT2D eigenvalue weighted by atomic mass is 16.3. The molecule has 0 N–H and O–H groups in total. The summed E-state index contributed by atoms with van der Waals surface area (Å²) in [5.74, 6) is 0. The van der Waals surface area contributed by atoms with Crippen LogP contribution in [-0.2, 0) is 0 Å². The number of rotatable bonds is 5. The van der Waals surface area contributed by atoms with E-state index in [1.54, 1.807) is 0 Å². The van der Waals surface area contributed by atoms with E-state index in [4.69, 9.17) is 4.42 Å². The Balaban J connectivity index is 1.12. The minimum absolute atomic E-state index is 0.912. The number of nitrogens with zero attached hydrogens (tertiary/aromatic N) is 1. The van der Waals surface area contributed by atoms with E-state index in [9.17, 15) is 0 Å². The zero-order chi connectivity index (χ0) is 33.0. The third kappa shape index (κ3) is 4.73. The largest absolute Gasteiger partial charge is 0.456 e. The van der Waals surface area contributed by atoms with Gasteiger partial charge in [-0.3, -0.25) is 0 Å². The third-order valence-electron chi connectivity index (χ3n) is 9.99. The van der Waals surface area contributed by atoms with E-state index in [-0.39, 0.29) is 0 Å². The van der Waals surface area contributed by atoms with E-state index >= 15 is 0 Å². The number of aromatic nitrogens is 1. The van der Waals surface area contributed by atoms with E-state index in [1.807, 2.05) is 12.1 Å². The molecule has 0 aliphatic heterocycles. The second-order valence-corrected chi connectivity index (χ2v) is 13.0. The summed E-state index contributed by atoms with van der Waals surface area (Å²) >= 11 is 0. The van der Waals surface area contributed by atoms with E-state index in [2.05, 4.69) is 180 Å². The van der Waals surface area contributed by atoms with Gasteiger partial charge in [0.25, 0.3) is 0 Å². The van der Waals surface area contributed by atoms with Gasteiger partial charge < -0.3 is 8.98 Å². The molecule has 0 saturated heterocycles. The van der Waals surface area contributed by atoms with Gasteiger partial charge in [0.1, 0.15) is 11.2 Å². The molecular formula is C48H31NO. The van der Waals surface area contributed by atoms with Crippen LogP contribution in [0.2, 0.25) is 0 Å². The minimum Gasteiger partial charge on any atom is -0.456 e. The van der Waals surface area contributed by atoms with Gasteiger partial charge in [-0.1, -0.05) is 121 Å². The molecule has 0 amide bonds. The van der Waals surface area contributed by atoms with Crippen LogP contribution in [0.4, 0.5) is 0 Å². The van der Waals surface area contributed by atoms with Crippen LogP contribution >= 0.6 is 0 Å². The molecule has 2 nitrogen and oxygen atoms in total. The number of hydrogen-bond acceptors (Lipinski definition) is 1. The molecule has 0 aliphatic rings. The number of fused-ring (bicyclic) bond motifs is 6. The standard InChI is InChI=1S/C48H31NO/c1-3-11-32(12-4-1)33-13-9-14-34(27-33)35-15-10-16-36(28-35)37-21-24-45-42(29-37)43-30-38(22-25-46(43)49(45)40-17-5-2-6-18-40)39-23-26-48-44(31-39)41-19-7-8-20-47(41)50-48/h1-31H. The lowest BCUT2D eigenvalue weighted by Crippen LogP contribution is -1.93. The van der Waals surface area contributed by atoms with Crippen molar-refractivity contribution in [2.45, 2.75) is 0 Å². The number of furan rings is 1. The summed E-state index contributed by atoms with van der Waals surface area (Å²) in [7, 11) is 0. The van der Waals surface area contributed by atoms with Crippen LogP contribution < -0.4 is 0 Å². The summed E-state index contributed by atoms with van der Waals surface area (Å²) in [5.41, 5.74) is 15.0. The van der Waals surface area contributed by atoms with Gasteiger partial charge in [0.2, 0.25) is 0 Å². The average molecular weight is 638 g/mol. The van der Waals surface area contributed by atoms with Crippen LogP contribution in [0, 0.1) is 0 Å². The number of hydrogen-bond donors (Lipinski definition) is 0. The minimum atomic E-state index is 0.912. The van der Waals surface area contributed by atoms with E-state index in [0.29, 0.717) is 0 Å². The first-order valence-electron chi connectivity index (χ1n) is 17.1. The van der Waals surface area contributed by atoms with Crippen molar-refractivity contribution in [2.24, 2.45) is 0 Å². The fraction of sp³-hybridized carbons (Fsp3) is 0. The quantitative estimate of drug-likeness (QED) is 0.184. The summed E-state index contributed by atoms with van der Waals surface area (Å²) in [5, 5.41) is 4.74. The van der Waals surface area contributed by atoms with Gasteiger partial charge in [0.05, 0.1) is 11.0 Å². The monoisotopic (exact) mass is 637 g/mol. The van der Waals surface area contributed by atoms with Gasteiger partial charge in [-0.15, -0.1) is 0 Å². The maximum atomic E-state index is 6.14. The lowest BCUT2D eigenvalue weighted by atomic mass is 9.95. The SMILES string of the molecule is c1ccc(-c2cccc(-c3cccc(-c4ccc5c(c4)c4cc(-c6ccc7oc8ccccc8c7c6)ccc4n5-c4ccccc4)c3)c2)cc1. The van der Waals surface area contributed by atoms with Gasteiger partial charge in [-0.25, -0.2) is 0 Å². The maximum Gasteiger partial charge on any atom is 0.135 e. The molecule has 8 aromatic carbocycles. The Morgan fingerprint density at radius 3 is 1.34 bits per heavy atom. The van der Waals surface area contributed by atoms with Crippen molar-refractivity contribution in [3.8, 4) is 50.2 Å². The van der Waals surface area contributed by atoms with Gasteiger partial charge in [-0.05, 0) is 111 Å².